The Labute approximate surface area is 88.4 Å². The van der Waals surface area contributed by atoms with Crippen LogP contribution in [0.4, 0.5) is 0 Å². The number of ether oxygens (including phenoxy) is 2. The number of ketones is 1. The molecule has 1 heterocycles. The van der Waals surface area contributed by atoms with E-state index in [1.807, 2.05) is 19.0 Å². The second-order valence-corrected chi connectivity index (χ2v) is 3.73. The molecule has 0 atom stereocenters. The molecule has 0 saturated carbocycles. The van der Waals surface area contributed by atoms with Gasteiger partial charge in [0.2, 0.25) is 6.79 Å². The molecule has 1 aliphatic rings. The minimum atomic E-state index is 0.0818. The fourth-order valence-electron chi connectivity index (χ4n) is 1.45. The molecule has 1 aromatic carbocycles. The van der Waals surface area contributed by atoms with Crippen molar-refractivity contribution in [1.29, 1.82) is 0 Å². The quantitative estimate of drug-likeness (QED) is 0.697. The van der Waals surface area contributed by atoms with E-state index in [1.54, 1.807) is 18.2 Å². The highest BCUT2D eigenvalue weighted by Crippen LogP contribution is 2.32. The van der Waals surface area contributed by atoms with E-state index in [-0.39, 0.29) is 12.6 Å². The van der Waals surface area contributed by atoms with E-state index >= 15 is 0 Å². The molecule has 0 aromatic heterocycles. The van der Waals surface area contributed by atoms with Gasteiger partial charge in [-0.05, 0) is 32.3 Å². The van der Waals surface area contributed by atoms with Gasteiger partial charge in [-0.2, -0.15) is 0 Å². The van der Waals surface area contributed by atoms with Crippen LogP contribution in [-0.4, -0.2) is 38.1 Å². The van der Waals surface area contributed by atoms with Crippen LogP contribution >= 0.6 is 0 Å². The topological polar surface area (TPSA) is 38.8 Å². The zero-order chi connectivity index (χ0) is 10.8. The molecule has 0 aliphatic carbocycles. The van der Waals surface area contributed by atoms with E-state index in [9.17, 15) is 4.79 Å². The molecule has 4 nitrogen and oxygen atoms in total. The van der Waals surface area contributed by atoms with E-state index in [2.05, 4.69) is 0 Å². The SMILES string of the molecule is CN(C)CC(=O)c1ccc2c(c1)OCO2. The lowest BCUT2D eigenvalue weighted by atomic mass is 10.1. The summed E-state index contributed by atoms with van der Waals surface area (Å²) >= 11 is 0. The Bertz CT molecular complexity index is 387. The third-order valence-corrected chi connectivity index (χ3v) is 2.15. The third-order valence-electron chi connectivity index (χ3n) is 2.15. The highest BCUT2D eigenvalue weighted by molar-refractivity contribution is 5.98. The predicted molar refractivity (Wildman–Crippen MR) is 55.4 cm³/mol. The van der Waals surface area contributed by atoms with E-state index in [4.69, 9.17) is 9.47 Å². The van der Waals surface area contributed by atoms with Gasteiger partial charge in [-0.3, -0.25) is 4.79 Å². The van der Waals surface area contributed by atoms with Crippen LogP contribution in [-0.2, 0) is 0 Å². The van der Waals surface area contributed by atoms with Gasteiger partial charge in [0, 0.05) is 5.56 Å². The minimum Gasteiger partial charge on any atom is -0.454 e. The lowest BCUT2D eigenvalue weighted by Gasteiger charge is -2.08. The summed E-state index contributed by atoms with van der Waals surface area (Å²) in [5, 5.41) is 0. The Balaban J connectivity index is 2.19. The van der Waals surface area contributed by atoms with Gasteiger partial charge in [-0.1, -0.05) is 0 Å². The van der Waals surface area contributed by atoms with Crippen molar-refractivity contribution in [3.63, 3.8) is 0 Å². The van der Waals surface area contributed by atoms with Crippen molar-refractivity contribution in [3.05, 3.63) is 23.8 Å². The van der Waals surface area contributed by atoms with Gasteiger partial charge < -0.3 is 14.4 Å². The average molecular weight is 207 g/mol. The maximum absolute atomic E-state index is 11.7. The number of carbonyl (C=O) groups excluding carboxylic acids is 1. The van der Waals surface area contributed by atoms with E-state index < -0.39 is 0 Å². The van der Waals surface area contributed by atoms with Crippen LogP contribution in [0.15, 0.2) is 18.2 Å². The first-order valence-corrected chi connectivity index (χ1v) is 4.74. The molecule has 80 valence electrons. The van der Waals surface area contributed by atoms with Gasteiger partial charge >= 0.3 is 0 Å². The van der Waals surface area contributed by atoms with Crippen LogP contribution < -0.4 is 9.47 Å². The molecule has 0 radical (unpaired) electrons. The van der Waals surface area contributed by atoms with Gasteiger partial charge in [-0.25, -0.2) is 0 Å². The summed E-state index contributed by atoms with van der Waals surface area (Å²) < 4.78 is 10.4. The zero-order valence-electron chi connectivity index (χ0n) is 8.82. The summed E-state index contributed by atoms with van der Waals surface area (Å²) in [4.78, 5) is 13.6. The number of fused-ring (bicyclic) bond motifs is 1. The Morgan fingerprint density at radius 1 is 1.33 bits per heavy atom. The first kappa shape index (κ1) is 9.98. The molecule has 2 rings (SSSR count). The fraction of sp³-hybridized carbons (Fsp3) is 0.364. The lowest BCUT2D eigenvalue weighted by molar-refractivity contribution is 0.0957. The second-order valence-electron chi connectivity index (χ2n) is 3.73. The van der Waals surface area contributed by atoms with E-state index in [1.165, 1.54) is 0 Å². The number of nitrogens with zero attached hydrogens (tertiary/aromatic N) is 1. The molecule has 0 unspecified atom stereocenters. The standard InChI is InChI=1S/C11H13NO3/c1-12(2)6-9(13)8-3-4-10-11(5-8)15-7-14-10/h3-5H,6-7H2,1-2H3. The molecule has 0 bridgehead atoms. The summed E-state index contributed by atoms with van der Waals surface area (Å²) in [5.41, 5.74) is 0.660. The van der Waals surface area contributed by atoms with Crippen LogP contribution in [0.3, 0.4) is 0 Å². The normalized spacial score (nSPS) is 13.3. The summed E-state index contributed by atoms with van der Waals surface area (Å²) in [7, 11) is 3.73. The Morgan fingerprint density at radius 2 is 2.07 bits per heavy atom. The summed E-state index contributed by atoms with van der Waals surface area (Å²) in [6.45, 7) is 0.639. The number of Topliss-reactive ketones (excluding diaryl/α,β-unsaturated/α-hetero) is 1. The molecular formula is C11H13NO3. The first-order chi connectivity index (χ1) is 7.16. The van der Waals surface area contributed by atoms with Crippen LogP contribution in [0, 0.1) is 0 Å². The van der Waals surface area contributed by atoms with Gasteiger partial charge in [-0.15, -0.1) is 0 Å². The number of rotatable bonds is 3. The van der Waals surface area contributed by atoms with Gasteiger partial charge in [0.05, 0.1) is 6.54 Å². The molecule has 1 aliphatic heterocycles. The third kappa shape index (κ3) is 2.10. The summed E-state index contributed by atoms with van der Waals surface area (Å²) in [5.74, 6) is 1.44. The largest absolute Gasteiger partial charge is 0.454 e. The van der Waals surface area contributed by atoms with Crippen LogP contribution in [0.2, 0.25) is 0 Å². The van der Waals surface area contributed by atoms with Crippen molar-refractivity contribution >= 4 is 5.78 Å². The number of likely N-dealkylation sites (N-methyl/N-ethyl adjacent to an activating group) is 1. The van der Waals surface area contributed by atoms with Crippen molar-refractivity contribution in [2.24, 2.45) is 0 Å². The van der Waals surface area contributed by atoms with Crippen LogP contribution in [0.25, 0.3) is 0 Å². The minimum absolute atomic E-state index is 0.0818. The predicted octanol–water partition coefficient (Wildman–Crippen LogP) is 1.16. The molecule has 0 saturated heterocycles. The average Bonchev–Trinajstić information content (AvgIpc) is 2.62. The number of hydrogen-bond acceptors (Lipinski definition) is 4. The van der Waals surface area contributed by atoms with Crippen LogP contribution in [0.1, 0.15) is 10.4 Å². The van der Waals surface area contributed by atoms with Crippen LogP contribution in [0.5, 0.6) is 11.5 Å². The van der Waals surface area contributed by atoms with E-state index in [0.717, 1.165) is 0 Å². The smallest absolute Gasteiger partial charge is 0.231 e. The molecule has 0 spiro atoms. The first-order valence-electron chi connectivity index (χ1n) is 4.74. The molecule has 15 heavy (non-hydrogen) atoms. The fourth-order valence-corrected chi connectivity index (χ4v) is 1.45. The monoisotopic (exact) mass is 207 g/mol. The van der Waals surface area contributed by atoms with Crippen molar-refractivity contribution in [3.8, 4) is 11.5 Å². The van der Waals surface area contributed by atoms with Gasteiger partial charge in [0.1, 0.15) is 0 Å². The van der Waals surface area contributed by atoms with E-state index in [0.29, 0.717) is 23.6 Å². The second kappa shape index (κ2) is 3.90. The number of benzene rings is 1. The molecule has 0 N–H and O–H groups in total. The molecular weight excluding hydrogens is 194 g/mol. The Kier molecular flexibility index (Phi) is 2.60. The van der Waals surface area contributed by atoms with Crippen molar-refractivity contribution < 1.29 is 14.3 Å². The maximum Gasteiger partial charge on any atom is 0.231 e. The molecule has 4 heteroatoms. The Morgan fingerprint density at radius 3 is 2.80 bits per heavy atom. The number of carbonyl (C=O) groups is 1. The summed E-state index contributed by atoms with van der Waals surface area (Å²) in [6.07, 6.45) is 0. The lowest BCUT2D eigenvalue weighted by Crippen LogP contribution is -2.21. The number of hydrogen-bond donors (Lipinski definition) is 0. The maximum atomic E-state index is 11.7. The van der Waals surface area contributed by atoms with Gasteiger partial charge in [0.15, 0.2) is 17.3 Å². The van der Waals surface area contributed by atoms with Crippen molar-refractivity contribution in [2.75, 3.05) is 27.4 Å². The zero-order valence-corrected chi connectivity index (χ0v) is 8.82. The summed E-state index contributed by atoms with van der Waals surface area (Å²) in [6, 6.07) is 5.26. The Hall–Kier alpha value is -1.55. The highest BCUT2D eigenvalue weighted by Gasteiger charge is 2.16. The highest BCUT2D eigenvalue weighted by atomic mass is 16.7. The van der Waals surface area contributed by atoms with Crippen molar-refractivity contribution in [1.82, 2.24) is 4.90 Å². The molecule has 0 amide bonds. The van der Waals surface area contributed by atoms with Crippen molar-refractivity contribution in [2.45, 2.75) is 0 Å². The molecule has 1 aromatic rings. The van der Waals surface area contributed by atoms with Gasteiger partial charge in [0.25, 0.3) is 0 Å². The molecule has 0 fully saturated rings.